The van der Waals surface area contributed by atoms with E-state index >= 15 is 0 Å². The number of aliphatic hydroxyl groups is 1. The molecule has 0 aromatic heterocycles. The molecule has 0 amide bonds. The number of hydrogen-bond donors (Lipinski definition) is 1. The Balaban J connectivity index is 3.83. The van der Waals surface area contributed by atoms with E-state index < -0.39 is 0 Å². The first-order valence-corrected chi connectivity index (χ1v) is 9.64. The van der Waals surface area contributed by atoms with E-state index in [0.29, 0.717) is 19.0 Å². The molecule has 0 aliphatic carbocycles. The summed E-state index contributed by atoms with van der Waals surface area (Å²) in [6, 6.07) is 0. The first-order valence-electron chi connectivity index (χ1n) is 7.26. The largest absolute Gasteiger partial charge is 0.394 e. The third-order valence-corrected chi connectivity index (χ3v) is 4.82. The Morgan fingerprint density at radius 1 is 1.05 bits per heavy atom. The second-order valence-electron chi connectivity index (χ2n) is 6.07. The van der Waals surface area contributed by atoms with Crippen molar-refractivity contribution in [3.8, 4) is 0 Å². The Hall–Kier alpha value is 0.250. The predicted molar refractivity (Wildman–Crippen MR) is 92.2 cm³/mol. The fraction of sp³-hybridized carbons (Fsp3) is 0.933. The van der Waals surface area contributed by atoms with Crippen LogP contribution in [0.3, 0.4) is 0 Å². The molecular weight excluding hydrogens is 308 g/mol. The van der Waals surface area contributed by atoms with Crippen molar-refractivity contribution in [2.24, 2.45) is 0 Å². The van der Waals surface area contributed by atoms with Crippen LogP contribution >= 0.6 is 23.5 Å². The van der Waals surface area contributed by atoms with Crippen molar-refractivity contribution in [1.82, 2.24) is 0 Å². The number of ether oxygens (including phenoxy) is 2. The molecule has 0 radical (unpaired) electrons. The second kappa shape index (κ2) is 10.9. The average molecular weight is 339 g/mol. The molecule has 0 rings (SSSR count). The van der Waals surface area contributed by atoms with Gasteiger partial charge in [0.1, 0.15) is 0 Å². The fourth-order valence-corrected chi connectivity index (χ4v) is 3.24. The number of thioether (sulfide) groups is 2. The van der Waals surface area contributed by atoms with Gasteiger partial charge in [0.15, 0.2) is 5.12 Å². The smallest absolute Gasteiger partial charge is 0.198 e. The van der Waals surface area contributed by atoms with Crippen LogP contribution in [0, 0.1) is 0 Å². The molecule has 0 saturated carbocycles. The van der Waals surface area contributed by atoms with E-state index in [1.807, 2.05) is 20.1 Å². The van der Waals surface area contributed by atoms with Crippen LogP contribution in [0.25, 0.3) is 0 Å². The highest BCUT2D eigenvalue weighted by molar-refractivity contribution is 8.15. The van der Waals surface area contributed by atoms with Gasteiger partial charge in [-0.05, 0) is 52.5 Å². The fourth-order valence-electron chi connectivity index (χ4n) is 1.57. The lowest BCUT2D eigenvalue weighted by atomic mass is 10.0. The lowest BCUT2D eigenvalue weighted by molar-refractivity contribution is -0.108. The lowest BCUT2D eigenvalue weighted by Crippen LogP contribution is -2.32. The zero-order valence-corrected chi connectivity index (χ0v) is 15.6. The van der Waals surface area contributed by atoms with Gasteiger partial charge in [0.05, 0.1) is 36.8 Å². The quantitative estimate of drug-likeness (QED) is 0.552. The van der Waals surface area contributed by atoms with Gasteiger partial charge in [-0.15, -0.1) is 0 Å². The highest BCUT2D eigenvalue weighted by atomic mass is 32.2. The molecule has 21 heavy (non-hydrogen) atoms. The molecule has 6 heteroatoms. The molecule has 0 spiro atoms. The van der Waals surface area contributed by atoms with Crippen LogP contribution in [0.5, 0.6) is 0 Å². The van der Waals surface area contributed by atoms with Gasteiger partial charge < -0.3 is 14.6 Å². The van der Waals surface area contributed by atoms with E-state index in [0.717, 1.165) is 18.6 Å². The van der Waals surface area contributed by atoms with Gasteiger partial charge in [0, 0.05) is 0 Å². The number of aliphatic hydroxyl groups excluding tert-OH is 1. The van der Waals surface area contributed by atoms with Gasteiger partial charge in [-0.25, -0.2) is 0 Å². The minimum atomic E-state index is -0.279. The summed E-state index contributed by atoms with van der Waals surface area (Å²) in [7, 11) is 0. The van der Waals surface area contributed by atoms with Crippen LogP contribution in [0.4, 0.5) is 0 Å². The van der Waals surface area contributed by atoms with Crippen molar-refractivity contribution in [2.45, 2.75) is 51.7 Å². The molecule has 0 fully saturated rings. The summed E-state index contributed by atoms with van der Waals surface area (Å²) in [5.74, 6) is 1.49. The van der Waals surface area contributed by atoms with E-state index in [1.165, 1.54) is 11.8 Å². The molecule has 4 nitrogen and oxygen atoms in total. The predicted octanol–water partition coefficient (Wildman–Crippen LogP) is 2.97. The van der Waals surface area contributed by atoms with Gasteiger partial charge in [-0.1, -0.05) is 11.8 Å². The molecule has 0 aromatic rings. The minimum absolute atomic E-state index is 0.0434. The average Bonchev–Trinajstić information content (AvgIpc) is 2.40. The summed E-state index contributed by atoms with van der Waals surface area (Å²) in [6.45, 7) is 9.18. The van der Waals surface area contributed by atoms with E-state index in [1.54, 1.807) is 11.8 Å². The molecule has 0 saturated heterocycles. The number of carbonyl (C=O) groups is 1. The Morgan fingerprint density at radius 2 is 1.62 bits per heavy atom. The van der Waals surface area contributed by atoms with E-state index in [9.17, 15) is 4.79 Å². The minimum Gasteiger partial charge on any atom is -0.394 e. The Bertz CT molecular complexity index is 293. The van der Waals surface area contributed by atoms with Crippen molar-refractivity contribution in [2.75, 3.05) is 37.6 Å². The number of rotatable bonds is 12. The zero-order chi connectivity index (χ0) is 16.4. The molecule has 0 heterocycles. The van der Waals surface area contributed by atoms with Crippen molar-refractivity contribution in [3.63, 3.8) is 0 Å². The van der Waals surface area contributed by atoms with Crippen LogP contribution in [0.2, 0.25) is 0 Å². The summed E-state index contributed by atoms with van der Waals surface area (Å²) >= 11 is 2.94. The van der Waals surface area contributed by atoms with Crippen molar-refractivity contribution < 1.29 is 19.4 Å². The van der Waals surface area contributed by atoms with Crippen LogP contribution < -0.4 is 0 Å². The molecule has 126 valence electrons. The van der Waals surface area contributed by atoms with Crippen LogP contribution in [-0.4, -0.2) is 59.0 Å². The van der Waals surface area contributed by atoms with E-state index in [4.69, 9.17) is 14.6 Å². The van der Waals surface area contributed by atoms with Crippen LogP contribution in [0.1, 0.15) is 40.5 Å². The van der Waals surface area contributed by atoms with Gasteiger partial charge in [0.2, 0.25) is 0 Å². The molecule has 0 bridgehead atoms. The first-order chi connectivity index (χ1) is 9.72. The normalized spacial score (nSPS) is 12.7. The summed E-state index contributed by atoms with van der Waals surface area (Å²) < 4.78 is 11.5. The second-order valence-corrected chi connectivity index (χ2v) is 8.04. The molecule has 0 aromatic carbocycles. The van der Waals surface area contributed by atoms with Gasteiger partial charge >= 0.3 is 0 Å². The standard InChI is InChI=1S/C15H30O4S2/c1-14(2,19-10-8-16)6-9-18-15(3,4)7-11-21-12-13(17)20-5/h16H,6-12H2,1-5H3. The SMILES string of the molecule is CSC(=O)CSCCC(C)(C)OCCC(C)(C)OCCO. The Kier molecular flexibility index (Phi) is 11.0. The lowest BCUT2D eigenvalue weighted by Gasteiger charge is -2.29. The highest BCUT2D eigenvalue weighted by Crippen LogP contribution is 2.21. The molecule has 1 N–H and O–H groups in total. The highest BCUT2D eigenvalue weighted by Gasteiger charge is 2.22. The van der Waals surface area contributed by atoms with Crippen LogP contribution in [0.15, 0.2) is 0 Å². The summed E-state index contributed by atoms with van der Waals surface area (Å²) in [4.78, 5) is 11.2. The zero-order valence-electron chi connectivity index (χ0n) is 13.9. The maximum absolute atomic E-state index is 11.2. The van der Waals surface area contributed by atoms with Crippen LogP contribution in [-0.2, 0) is 14.3 Å². The van der Waals surface area contributed by atoms with E-state index in [-0.39, 0.29) is 22.9 Å². The number of hydrogen-bond acceptors (Lipinski definition) is 6. The molecule has 0 atom stereocenters. The van der Waals surface area contributed by atoms with Crippen molar-refractivity contribution in [3.05, 3.63) is 0 Å². The third-order valence-electron chi connectivity index (χ3n) is 3.08. The Morgan fingerprint density at radius 3 is 2.19 bits per heavy atom. The van der Waals surface area contributed by atoms with Crippen molar-refractivity contribution >= 4 is 28.6 Å². The third kappa shape index (κ3) is 12.5. The number of carbonyl (C=O) groups excluding carboxylic acids is 1. The summed E-state index contributed by atoms with van der Waals surface area (Å²) in [5.41, 5.74) is -0.471. The topological polar surface area (TPSA) is 55.8 Å². The molecular formula is C15H30O4S2. The molecule has 0 aliphatic heterocycles. The monoisotopic (exact) mass is 338 g/mol. The first kappa shape index (κ1) is 21.2. The van der Waals surface area contributed by atoms with E-state index in [2.05, 4.69) is 13.8 Å². The summed E-state index contributed by atoms with van der Waals surface area (Å²) in [5, 5.41) is 9.00. The summed E-state index contributed by atoms with van der Waals surface area (Å²) in [6.07, 6.45) is 3.52. The van der Waals surface area contributed by atoms with Crippen molar-refractivity contribution in [1.29, 1.82) is 0 Å². The van der Waals surface area contributed by atoms with Gasteiger partial charge in [-0.3, -0.25) is 4.79 Å². The molecule has 0 unspecified atom stereocenters. The van der Waals surface area contributed by atoms with Gasteiger partial charge in [-0.2, -0.15) is 11.8 Å². The maximum atomic E-state index is 11.2. The Labute approximate surface area is 137 Å². The molecule has 0 aliphatic rings. The maximum Gasteiger partial charge on any atom is 0.198 e. The van der Waals surface area contributed by atoms with Gasteiger partial charge in [0.25, 0.3) is 0 Å².